The van der Waals surface area contributed by atoms with Crippen LogP contribution in [-0.2, 0) is 15.1 Å². The van der Waals surface area contributed by atoms with E-state index in [2.05, 4.69) is 28.2 Å². The van der Waals surface area contributed by atoms with E-state index in [1.54, 1.807) is 14.2 Å². The van der Waals surface area contributed by atoms with Gasteiger partial charge in [-0.3, -0.25) is 14.5 Å². The number of benzene rings is 3. The van der Waals surface area contributed by atoms with Gasteiger partial charge in [-0.15, -0.1) is 0 Å². The summed E-state index contributed by atoms with van der Waals surface area (Å²) in [6.07, 6.45) is 3.84. The normalized spacial score (nSPS) is 30.2. The molecule has 4 aliphatic rings. The fourth-order valence-corrected chi connectivity index (χ4v) is 8.54. The molecular formula is C34H35N3O4. The van der Waals surface area contributed by atoms with E-state index in [-0.39, 0.29) is 23.7 Å². The molecule has 4 atom stereocenters. The number of nitrogens with one attached hydrogen (secondary N) is 1. The van der Waals surface area contributed by atoms with Crippen LogP contribution >= 0.6 is 0 Å². The highest BCUT2D eigenvalue weighted by atomic mass is 16.5. The van der Waals surface area contributed by atoms with Crippen LogP contribution in [0.2, 0.25) is 0 Å². The number of rotatable bonds is 4. The van der Waals surface area contributed by atoms with Crippen LogP contribution < -0.4 is 14.8 Å². The van der Waals surface area contributed by atoms with Crippen LogP contribution in [-0.4, -0.2) is 68.4 Å². The molecule has 2 spiro atoms. The van der Waals surface area contributed by atoms with Crippen molar-refractivity contribution in [3.63, 3.8) is 0 Å². The molecule has 0 unspecified atom stereocenters. The predicted octanol–water partition coefficient (Wildman–Crippen LogP) is 4.70. The van der Waals surface area contributed by atoms with E-state index in [0.717, 1.165) is 47.5 Å². The zero-order chi connectivity index (χ0) is 28.4. The number of Topliss-reactive ketones (excluding diaryl/α,β-unsaturated/α-hetero) is 1. The zero-order valence-corrected chi connectivity index (χ0v) is 23.7. The summed E-state index contributed by atoms with van der Waals surface area (Å²) in [4.78, 5) is 34.6. The highest BCUT2D eigenvalue weighted by Gasteiger charge is 2.78. The van der Waals surface area contributed by atoms with Crippen molar-refractivity contribution in [2.75, 3.05) is 46.2 Å². The molecule has 0 aliphatic carbocycles. The molecule has 1 amide bonds. The number of methoxy groups -OCH3 is 2. The Bertz CT molecular complexity index is 1580. The molecule has 0 aromatic heterocycles. The van der Waals surface area contributed by atoms with Gasteiger partial charge in [0.2, 0.25) is 0 Å². The van der Waals surface area contributed by atoms with Crippen molar-refractivity contribution in [2.24, 2.45) is 5.41 Å². The summed E-state index contributed by atoms with van der Waals surface area (Å²) in [5.74, 6) is 1.13. The number of nitrogens with zero attached hydrogens (tertiary/aromatic N) is 2. The second kappa shape index (κ2) is 9.57. The Balaban J connectivity index is 1.55. The number of anilines is 1. The number of likely N-dealkylation sites (N-methyl/N-ethyl adjacent to an activating group) is 1. The van der Waals surface area contributed by atoms with E-state index < -0.39 is 11.0 Å². The average molecular weight is 550 g/mol. The number of likely N-dealkylation sites (tertiary alicyclic amines) is 1. The van der Waals surface area contributed by atoms with Gasteiger partial charge >= 0.3 is 0 Å². The second-order valence-corrected chi connectivity index (χ2v) is 11.7. The van der Waals surface area contributed by atoms with E-state index >= 15 is 4.79 Å². The zero-order valence-electron chi connectivity index (χ0n) is 23.7. The van der Waals surface area contributed by atoms with E-state index in [1.807, 2.05) is 72.8 Å². The van der Waals surface area contributed by atoms with Gasteiger partial charge in [0.05, 0.1) is 19.6 Å². The number of para-hydroxylation sites is 3. The van der Waals surface area contributed by atoms with Crippen LogP contribution in [0.1, 0.15) is 35.4 Å². The highest BCUT2D eigenvalue weighted by Crippen LogP contribution is 2.69. The molecule has 7 rings (SSSR count). The number of ketones is 1. The van der Waals surface area contributed by atoms with Gasteiger partial charge in [-0.2, -0.15) is 0 Å². The maximum absolute atomic E-state index is 15.4. The topological polar surface area (TPSA) is 71.1 Å². The quantitative estimate of drug-likeness (QED) is 0.476. The summed E-state index contributed by atoms with van der Waals surface area (Å²) >= 11 is 0. The molecule has 0 radical (unpaired) electrons. The Morgan fingerprint density at radius 3 is 2.44 bits per heavy atom. The largest absolute Gasteiger partial charge is 0.496 e. The molecule has 210 valence electrons. The minimum atomic E-state index is -1.15. The average Bonchev–Trinajstić information content (AvgIpc) is 3.64. The Labute approximate surface area is 240 Å². The Morgan fingerprint density at radius 1 is 0.927 bits per heavy atom. The lowest BCUT2D eigenvalue weighted by Crippen LogP contribution is -2.65. The molecule has 7 nitrogen and oxygen atoms in total. The number of carbonyl (C=O) groups is 2. The Morgan fingerprint density at radius 2 is 1.63 bits per heavy atom. The van der Waals surface area contributed by atoms with Crippen molar-refractivity contribution in [1.29, 1.82) is 0 Å². The number of hydrogen-bond donors (Lipinski definition) is 1. The van der Waals surface area contributed by atoms with Crippen LogP contribution in [0.3, 0.4) is 0 Å². The van der Waals surface area contributed by atoms with E-state index in [1.165, 1.54) is 0 Å². The minimum absolute atomic E-state index is 0.00571. The van der Waals surface area contributed by atoms with Gasteiger partial charge in [0.15, 0.2) is 5.78 Å². The lowest BCUT2D eigenvalue weighted by molar-refractivity contribution is -0.147. The number of hydrogen-bond acceptors (Lipinski definition) is 6. The molecule has 7 heteroatoms. The fourth-order valence-electron chi connectivity index (χ4n) is 8.54. The first-order valence-corrected chi connectivity index (χ1v) is 14.3. The lowest BCUT2D eigenvalue weighted by atomic mass is 9.55. The Hall–Kier alpha value is -3.94. The maximum Gasteiger partial charge on any atom is 0.250 e. The van der Waals surface area contributed by atoms with E-state index in [0.29, 0.717) is 24.4 Å². The molecule has 3 saturated heterocycles. The van der Waals surface area contributed by atoms with Crippen molar-refractivity contribution in [1.82, 2.24) is 9.80 Å². The maximum atomic E-state index is 15.4. The third kappa shape index (κ3) is 3.39. The number of amides is 1. The number of carbonyl (C=O) groups excluding carboxylic acids is 2. The van der Waals surface area contributed by atoms with E-state index in [9.17, 15) is 4.79 Å². The highest BCUT2D eigenvalue weighted by molar-refractivity contribution is 6.16. The van der Waals surface area contributed by atoms with Gasteiger partial charge in [0.25, 0.3) is 5.91 Å². The molecule has 4 heterocycles. The van der Waals surface area contributed by atoms with E-state index in [4.69, 9.17) is 9.47 Å². The molecule has 3 aromatic carbocycles. The van der Waals surface area contributed by atoms with Crippen molar-refractivity contribution >= 4 is 23.5 Å². The van der Waals surface area contributed by atoms with Gasteiger partial charge in [0.1, 0.15) is 17.0 Å². The molecule has 3 fully saturated rings. The van der Waals surface area contributed by atoms with Gasteiger partial charge in [-0.05, 0) is 56.3 Å². The summed E-state index contributed by atoms with van der Waals surface area (Å²) < 4.78 is 11.6. The first-order valence-electron chi connectivity index (χ1n) is 14.3. The molecule has 41 heavy (non-hydrogen) atoms. The summed E-state index contributed by atoms with van der Waals surface area (Å²) in [5, 5.41) is 3.21. The van der Waals surface area contributed by atoms with Gasteiger partial charge in [-0.25, -0.2) is 0 Å². The van der Waals surface area contributed by atoms with Crippen molar-refractivity contribution < 1.29 is 19.1 Å². The molecule has 0 bridgehead atoms. The van der Waals surface area contributed by atoms with Crippen LogP contribution in [0.15, 0.2) is 78.4 Å². The standard InChI is InChI=1S/C34H35N3O4/c1-36-20-23(19-22-11-4-8-16-28(22)40-2)31(38)33(21-36)30(24-12-5-9-17-29(24)41-3)27-15-10-18-37(27)34(33)25-13-6-7-14-26(25)35-32(34)39/h4-9,11-14,16-17,19,27,30H,10,15,18,20-21H2,1-3H3,(H,35,39)/b23-19+/t27-,30-,33-,34-/m0/s1. The molecule has 4 aliphatic heterocycles. The van der Waals surface area contributed by atoms with Gasteiger partial charge in [-0.1, -0.05) is 54.6 Å². The lowest BCUT2D eigenvalue weighted by Gasteiger charge is -2.51. The van der Waals surface area contributed by atoms with Gasteiger partial charge in [0, 0.05) is 47.4 Å². The number of ether oxygens (including phenoxy) is 2. The summed E-state index contributed by atoms with van der Waals surface area (Å²) in [6, 6.07) is 23.7. The number of fused-ring (bicyclic) bond motifs is 5. The summed E-state index contributed by atoms with van der Waals surface area (Å²) in [5.41, 5.74) is 1.96. The van der Waals surface area contributed by atoms with Crippen molar-refractivity contribution in [3.05, 3.63) is 95.1 Å². The smallest absolute Gasteiger partial charge is 0.250 e. The van der Waals surface area contributed by atoms with Crippen molar-refractivity contribution in [3.8, 4) is 11.5 Å². The first-order chi connectivity index (χ1) is 20.0. The third-order valence-electron chi connectivity index (χ3n) is 9.78. The number of piperidine rings is 1. The summed E-state index contributed by atoms with van der Waals surface area (Å²) in [6.45, 7) is 1.69. The van der Waals surface area contributed by atoms with Crippen LogP contribution in [0.25, 0.3) is 6.08 Å². The van der Waals surface area contributed by atoms with Gasteiger partial charge < -0.3 is 19.7 Å². The molecule has 3 aromatic rings. The first kappa shape index (κ1) is 26.0. The second-order valence-electron chi connectivity index (χ2n) is 11.7. The fraction of sp³-hybridized carbons (Fsp3) is 0.353. The molecular weight excluding hydrogens is 514 g/mol. The van der Waals surface area contributed by atoms with Crippen molar-refractivity contribution in [2.45, 2.75) is 30.3 Å². The minimum Gasteiger partial charge on any atom is -0.496 e. The monoisotopic (exact) mass is 549 g/mol. The predicted molar refractivity (Wildman–Crippen MR) is 158 cm³/mol. The summed E-state index contributed by atoms with van der Waals surface area (Å²) in [7, 11) is 5.38. The molecule has 0 saturated carbocycles. The van der Waals surface area contributed by atoms with Crippen LogP contribution in [0.4, 0.5) is 5.69 Å². The van der Waals surface area contributed by atoms with Crippen LogP contribution in [0, 0.1) is 5.41 Å². The molecule has 1 N–H and O–H groups in total. The Kier molecular flexibility index (Phi) is 6.07. The third-order valence-corrected chi connectivity index (χ3v) is 9.78. The SMILES string of the molecule is COc1ccccc1/C=C1\CN(C)C[C@@]2(C1=O)[C@@H](c1ccccc1OC)[C@@H]1CCCN1[C@@]21C(=O)Nc2ccccc21. The van der Waals surface area contributed by atoms with Crippen LogP contribution in [0.5, 0.6) is 11.5 Å².